The largest absolute Gasteiger partial charge is 0.353 e. The van der Waals surface area contributed by atoms with Crippen LogP contribution in [0.3, 0.4) is 0 Å². The molecule has 1 aliphatic rings. The number of para-hydroxylation sites is 1. The fraction of sp³-hybridized carbons (Fsp3) is 0.476. The van der Waals surface area contributed by atoms with Crippen molar-refractivity contribution in [2.45, 2.75) is 38.0 Å². The minimum Gasteiger partial charge on any atom is -0.353 e. The maximum atomic E-state index is 12.9. The van der Waals surface area contributed by atoms with Gasteiger partial charge < -0.3 is 10.6 Å². The van der Waals surface area contributed by atoms with Gasteiger partial charge in [-0.2, -0.15) is 11.8 Å². The molecule has 0 spiro atoms. The van der Waals surface area contributed by atoms with Gasteiger partial charge in [0.05, 0.1) is 22.4 Å². The summed E-state index contributed by atoms with van der Waals surface area (Å²) in [6.45, 7) is 3.54. The van der Waals surface area contributed by atoms with E-state index in [0.717, 1.165) is 30.0 Å². The number of hydrogen-bond acceptors (Lipinski definition) is 5. The Bertz CT molecular complexity index is 949. The summed E-state index contributed by atoms with van der Waals surface area (Å²) in [5, 5.41) is 5.36. The number of aromatic nitrogens is 2. The van der Waals surface area contributed by atoms with Gasteiger partial charge in [-0.25, -0.2) is 4.68 Å². The molecule has 7 nitrogen and oxygen atoms in total. The molecule has 3 rings (SSSR count). The fourth-order valence-corrected chi connectivity index (χ4v) is 5.13. The SMILES string of the molecule is Cc1c(NC(=O)C(C)SCC(=O)NC2CCSCC2)c(=O)n(-c2ccccc2)n1C. The highest BCUT2D eigenvalue weighted by Gasteiger charge is 2.22. The van der Waals surface area contributed by atoms with Crippen molar-refractivity contribution in [1.82, 2.24) is 14.7 Å². The van der Waals surface area contributed by atoms with E-state index in [-0.39, 0.29) is 34.9 Å². The van der Waals surface area contributed by atoms with E-state index in [2.05, 4.69) is 10.6 Å². The molecule has 2 amide bonds. The van der Waals surface area contributed by atoms with Crippen molar-refractivity contribution in [3.63, 3.8) is 0 Å². The van der Waals surface area contributed by atoms with E-state index in [1.54, 1.807) is 25.6 Å². The van der Waals surface area contributed by atoms with Gasteiger partial charge in [0, 0.05) is 13.1 Å². The molecule has 0 radical (unpaired) electrons. The Labute approximate surface area is 185 Å². The van der Waals surface area contributed by atoms with E-state index >= 15 is 0 Å². The highest BCUT2D eigenvalue weighted by Crippen LogP contribution is 2.19. The van der Waals surface area contributed by atoms with Crippen LogP contribution in [0.2, 0.25) is 0 Å². The van der Waals surface area contributed by atoms with Gasteiger partial charge in [-0.3, -0.25) is 19.1 Å². The van der Waals surface area contributed by atoms with Crippen molar-refractivity contribution in [3.05, 3.63) is 46.4 Å². The van der Waals surface area contributed by atoms with Crippen LogP contribution in [0.25, 0.3) is 5.69 Å². The lowest BCUT2D eigenvalue weighted by atomic mass is 10.1. The third-order valence-electron chi connectivity index (χ3n) is 5.22. The quantitative estimate of drug-likeness (QED) is 0.680. The minimum atomic E-state index is -0.457. The van der Waals surface area contributed by atoms with Gasteiger partial charge in [0.15, 0.2) is 0 Å². The molecule has 1 atom stereocenters. The lowest BCUT2D eigenvalue weighted by Crippen LogP contribution is -2.39. The van der Waals surface area contributed by atoms with Gasteiger partial charge in [0.2, 0.25) is 11.8 Å². The van der Waals surface area contributed by atoms with Gasteiger partial charge in [0.1, 0.15) is 5.69 Å². The first-order chi connectivity index (χ1) is 14.4. The molecule has 1 aliphatic heterocycles. The average molecular weight is 449 g/mol. The van der Waals surface area contributed by atoms with Crippen LogP contribution in [0.15, 0.2) is 35.1 Å². The number of rotatable bonds is 7. The minimum absolute atomic E-state index is 0.0427. The Hall–Kier alpha value is -2.13. The van der Waals surface area contributed by atoms with Crippen LogP contribution in [0.1, 0.15) is 25.5 Å². The maximum absolute atomic E-state index is 12.9. The monoisotopic (exact) mass is 448 g/mol. The lowest BCUT2D eigenvalue weighted by molar-refractivity contribution is -0.119. The smallest absolute Gasteiger partial charge is 0.295 e. The predicted molar refractivity (Wildman–Crippen MR) is 125 cm³/mol. The number of carbonyl (C=O) groups is 2. The number of nitrogens with zero attached hydrogens (tertiary/aromatic N) is 2. The zero-order chi connectivity index (χ0) is 21.7. The summed E-state index contributed by atoms with van der Waals surface area (Å²) >= 11 is 3.19. The zero-order valence-corrected chi connectivity index (χ0v) is 19.1. The molecular formula is C21H28N4O3S2. The van der Waals surface area contributed by atoms with Gasteiger partial charge in [-0.1, -0.05) is 18.2 Å². The van der Waals surface area contributed by atoms with E-state index in [9.17, 15) is 14.4 Å². The standard InChI is InChI=1S/C21H28N4O3S2/c1-14-19(21(28)25(24(14)3)17-7-5-4-6-8-17)23-20(27)15(2)30-13-18(26)22-16-9-11-29-12-10-16/h4-8,15-16H,9-13H2,1-3H3,(H,22,26)(H,23,27). The molecule has 162 valence electrons. The van der Waals surface area contributed by atoms with Crippen LogP contribution in [-0.4, -0.2) is 49.7 Å². The highest BCUT2D eigenvalue weighted by molar-refractivity contribution is 8.01. The Morgan fingerprint density at radius 2 is 1.90 bits per heavy atom. The van der Waals surface area contributed by atoms with Crippen LogP contribution in [0.4, 0.5) is 5.69 Å². The molecule has 9 heteroatoms. The molecule has 1 fully saturated rings. The summed E-state index contributed by atoms with van der Waals surface area (Å²) in [6.07, 6.45) is 2.00. The second-order valence-electron chi connectivity index (χ2n) is 7.33. The van der Waals surface area contributed by atoms with E-state index < -0.39 is 5.25 Å². The maximum Gasteiger partial charge on any atom is 0.295 e. The Morgan fingerprint density at radius 3 is 2.57 bits per heavy atom. The predicted octanol–water partition coefficient (Wildman–Crippen LogP) is 2.56. The number of benzene rings is 1. The second-order valence-corrected chi connectivity index (χ2v) is 9.89. The van der Waals surface area contributed by atoms with Crippen molar-refractivity contribution in [3.8, 4) is 5.69 Å². The van der Waals surface area contributed by atoms with Crippen molar-refractivity contribution < 1.29 is 9.59 Å². The molecule has 2 heterocycles. The molecule has 1 saturated heterocycles. The molecular weight excluding hydrogens is 420 g/mol. The van der Waals surface area contributed by atoms with Crippen molar-refractivity contribution in [1.29, 1.82) is 0 Å². The van der Waals surface area contributed by atoms with Crippen molar-refractivity contribution in [2.24, 2.45) is 7.05 Å². The summed E-state index contributed by atoms with van der Waals surface area (Å²) in [4.78, 5) is 37.7. The molecule has 2 aromatic rings. The van der Waals surface area contributed by atoms with Crippen LogP contribution in [0, 0.1) is 6.92 Å². The summed E-state index contributed by atoms with van der Waals surface area (Å²) in [7, 11) is 1.78. The number of nitrogens with one attached hydrogen (secondary N) is 2. The Morgan fingerprint density at radius 1 is 1.23 bits per heavy atom. The molecule has 1 aromatic carbocycles. The van der Waals surface area contributed by atoms with Crippen LogP contribution >= 0.6 is 23.5 Å². The van der Waals surface area contributed by atoms with Crippen LogP contribution < -0.4 is 16.2 Å². The topological polar surface area (TPSA) is 85.1 Å². The van der Waals surface area contributed by atoms with E-state index in [0.29, 0.717) is 5.69 Å². The third kappa shape index (κ3) is 5.31. The normalized spacial score (nSPS) is 15.6. The zero-order valence-electron chi connectivity index (χ0n) is 17.5. The fourth-order valence-electron chi connectivity index (χ4n) is 3.32. The molecule has 1 aromatic heterocycles. The van der Waals surface area contributed by atoms with Crippen molar-refractivity contribution in [2.75, 3.05) is 22.6 Å². The molecule has 0 aliphatic carbocycles. The lowest BCUT2D eigenvalue weighted by Gasteiger charge is -2.22. The number of hydrogen-bond donors (Lipinski definition) is 2. The number of amides is 2. The van der Waals surface area contributed by atoms with Crippen LogP contribution in [-0.2, 0) is 16.6 Å². The van der Waals surface area contributed by atoms with Gasteiger partial charge >= 0.3 is 0 Å². The van der Waals surface area contributed by atoms with Gasteiger partial charge in [0.25, 0.3) is 5.56 Å². The Balaban J connectivity index is 1.60. The first-order valence-electron chi connectivity index (χ1n) is 10.0. The van der Waals surface area contributed by atoms with E-state index in [1.165, 1.54) is 16.4 Å². The first-order valence-corrected chi connectivity index (χ1v) is 12.2. The molecule has 1 unspecified atom stereocenters. The summed E-state index contributed by atoms with van der Waals surface area (Å²) < 4.78 is 3.25. The van der Waals surface area contributed by atoms with Crippen molar-refractivity contribution >= 4 is 41.0 Å². The highest BCUT2D eigenvalue weighted by atomic mass is 32.2. The van der Waals surface area contributed by atoms with E-state index in [4.69, 9.17) is 0 Å². The number of carbonyl (C=O) groups excluding carboxylic acids is 2. The molecule has 30 heavy (non-hydrogen) atoms. The van der Waals surface area contributed by atoms with Gasteiger partial charge in [-0.15, -0.1) is 11.8 Å². The molecule has 0 bridgehead atoms. The summed E-state index contributed by atoms with van der Waals surface area (Å²) in [6, 6.07) is 9.53. The number of thioether (sulfide) groups is 2. The summed E-state index contributed by atoms with van der Waals surface area (Å²) in [5.41, 5.74) is 1.39. The molecule has 2 N–H and O–H groups in total. The first kappa shape index (κ1) is 22.6. The summed E-state index contributed by atoms with van der Waals surface area (Å²) in [5.74, 6) is 2.05. The van der Waals surface area contributed by atoms with E-state index in [1.807, 2.05) is 42.1 Å². The Kier molecular flexibility index (Phi) is 7.71. The van der Waals surface area contributed by atoms with Gasteiger partial charge in [-0.05, 0) is 50.3 Å². The average Bonchev–Trinajstić information content (AvgIpc) is 2.96. The third-order valence-corrected chi connectivity index (χ3v) is 7.41. The van der Waals surface area contributed by atoms with Crippen LogP contribution in [0.5, 0.6) is 0 Å². The molecule has 0 saturated carbocycles. The number of anilines is 1. The second kappa shape index (κ2) is 10.3.